The molecule has 0 radical (unpaired) electrons. The summed E-state index contributed by atoms with van der Waals surface area (Å²) in [5.41, 5.74) is 0.971. The van der Waals surface area contributed by atoms with Crippen LogP contribution in [0, 0.1) is 0 Å². The molecule has 24 heavy (non-hydrogen) atoms. The van der Waals surface area contributed by atoms with Gasteiger partial charge in [-0.1, -0.05) is 26.0 Å². The van der Waals surface area contributed by atoms with Crippen molar-refractivity contribution in [3.05, 3.63) is 54.1 Å². The van der Waals surface area contributed by atoms with E-state index in [-0.39, 0.29) is 15.7 Å². The van der Waals surface area contributed by atoms with Gasteiger partial charge in [0.1, 0.15) is 5.75 Å². The number of methoxy groups -OCH3 is 1. The molecule has 0 bridgehead atoms. The Hall–Kier alpha value is -1.86. The number of rotatable bonds is 6. The molecule has 0 fully saturated rings. The van der Waals surface area contributed by atoms with E-state index in [9.17, 15) is 16.8 Å². The van der Waals surface area contributed by atoms with Gasteiger partial charge in [-0.2, -0.15) is 0 Å². The van der Waals surface area contributed by atoms with Crippen LogP contribution in [0.4, 0.5) is 0 Å². The molecule has 0 heterocycles. The van der Waals surface area contributed by atoms with Crippen LogP contribution in [0.15, 0.2) is 58.3 Å². The van der Waals surface area contributed by atoms with E-state index in [1.165, 1.54) is 43.5 Å². The highest BCUT2D eigenvalue weighted by Crippen LogP contribution is 2.27. The van der Waals surface area contributed by atoms with Crippen molar-refractivity contribution >= 4 is 17.7 Å². The highest BCUT2D eigenvalue weighted by atomic mass is 33.2. The standard InChI is InChI=1S/C17H20O5S2/c1-4-13(2)14-5-9-16(10-6-14)23(18,19)24(20,21)17-11-7-15(22-3)8-12-17/h5-13H,4H2,1-3H3. The quantitative estimate of drug-likeness (QED) is 0.731. The summed E-state index contributed by atoms with van der Waals surface area (Å²) >= 11 is 0. The molecule has 2 aromatic rings. The molecule has 0 amide bonds. The van der Waals surface area contributed by atoms with Gasteiger partial charge in [-0.25, -0.2) is 16.8 Å². The molecule has 0 aromatic heterocycles. The molecule has 2 aromatic carbocycles. The van der Waals surface area contributed by atoms with Crippen LogP contribution in [0.3, 0.4) is 0 Å². The smallest absolute Gasteiger partial charge is 0.286 e. The maximum atomic E-state index is 12.5. The third-order valence-electron chi connectivity index (χ3n) is 3.99. The predicted octanol–water partition coefficient (Wildman–Crippen LogP) is 3.37. The Morgan fingerprint density at radius 3 is 1.62 bits per heavy atom. The zero-order chi connectivity index (χ0) is 18.0. The molecule has 0 aliphatic carbocycles. The summed E-state index contributed by atoms with van der Waals surface area (Å²) in [6.45, 7) is 4.06. The lowest BCUT2D eigenvalue weighted by molar-refractivity contribution is 0.414. The van der Waals surface area contributed by atoms with Crippen LogP contribution in [0.1, 0.15) is 31.7 Å². The summed E-state index contributed by atoms with van der Waals surface area (Å²) in [7, 11) is -7.62. The van der Waals surface area contributed by atoms with Crippen molar-refractivity contribution in [2.45, 2.75) is 36.0 Å². The van der Waals surface area contributed by atoms with Gasteiger partial charge in [-0.3, -0.25) is 0 Å². The van der Waals surface area contributed by atoms with Crippen molar-refractivity contribution < 1.29 is 21.6 Å². The Balaban J connectivity index is 2.44. The zero-order valence-electron chi connectivity index (χ0n) is 13.8. The van der Waals surface area contributed by atoms with Crippen molar-refractivity contribution in [1.29, 1.82) is 0 Å². The number of hydrogen-bond acceptors (Lipinski definition) is 5. The van der Waals surface area contributed by atoms with Crippen LogP contribution in [0.2, 0.25) is 0 Å². The molecule has 0 saturated heterocycles. The van der Waals surface area contributed by atoms with Crippen LogP contribution in [0.25, 0.3) is 0 Å². The van der Waals surface area contributed by atoms with Crippen LogP contribution >= 0.6 is 0 Å². The first-order valence-electron chi connectivity index (χ1n) is 7.48. The maximum absolute atomic E-state index is 12.5. The second kappa shape index (κ2) is 6.94. The fraction of sp³-hybridized carbons (Fsp3) is 0.294. The van der Waals surface area contributed by atoms with Crippen molar-refractivity contribution in [2.24, 2.45) is 0 Å². The third kappa shape index (κ3) is 3.32. The first-order valence-corrected chi connectivity index (χ1v) is 11.0. The fourth-order valence-corrected chi connectivity index (χ4v) is 5.83. The largest absolute Gasteiger partial charge is 0.497 e. The molecule has 1 unspecified atom stereocenters. The first kappa shape index (κ1) is 18.5. The summed E-state index contributed by atoms with van der Waals surface area (Å²) in [5, 5.41) is 0. The predicted molar refractivity (Wildman–Crippen MR) is 92.5 cm³/mol. The van der Waals surface area contributed by atoms with Gasteiger partial charge in [0.25, 0.3) is 17.7 Å². The van der Waals surface area contributed by atoms with E-state index in [1.807, 2.05) is 13.8 Å². The van der Waals surface area contributed by atoms with Gasteiger partial charge in [0.2, 0.25) is 0 Å². The van der Waals surface area contributed by atoms with Gasteiger partial charge in [-0.05, 0) is 54.3 Å². The lowest BCUT2D eigenvalue weighted by Crippen LogP contribution is -2.16. The molecule has 1 atom stereocenters. The third-order valence-corrected chi connectivity index (χ3v) is 9.15. The minimum absolute atomic E-state index is 0.231. The van der Waals surface area contributed by atoms with Crippen LogP contribution < -0.4 is 4.74 Å². The van der Waals surface area contributed by atoms with E-state index in [0.29, 0.717) is 5.75 Å². The molecule has 2 rings (SSSR count). The van der Waals surface area contributed by atoms with Crippen LogP contribution in [0.5, 0.6) is 5.75 Å². The summed E-state index contributed by atoms with van der Waals surface area (Å²) in [6.07, 6.45) is 0.913. The van der Waals surface area contributed by atoms with Gasteiger partial charge >= 0.3 is 0 Å². The Kier molecular flexibility index (Phi) is 5.35. The summed E-state index contributed by atoms with van der Waals surface area (Å²) in [4.78, 5) is -0.514. The van der Waals surface area contributed by atoms with Crippen LogP contribution in [-0.2, 0) is 17.7 Å². The number of hydrogen-bond donors (Lipinski definition) is 0. The first-order chi connectivity index (χ1) is 11.2. The number of benzene rings is 2. The molecule has 0 aliphatic rings. The van der Waals surface area contributed by atoms with Gasteiger partial charge in [-0.15, -0.1) is 0 Å². The minimum atomic E-state index is -4.54. The maximum Gasteiger partial charge on any atom is 0.286 e. The van der Waals surface area contributed by atoms with E-state index in [1.54, 1.807) is 12.1 Å². The normalized spacial score (nSPS) is 13.5. The molecule has 5 nitrogen and oxygen atoms in total. The molecule has 130 valence electrons. The topological polar surface area (TPSA) is 77.5 Å². The second-order valence-electron chi connectivity index (χ2n) is 5.46. The average Bonchev–Trinajstić information content (AvgIpc) is 2.61. The molecule has 7 heteroatoms. The molecule has 0 spiro atoms. The summed E-state index contributed by atoms with van der Waals surface area (Å²) in [5.74, 6) is 0.726. The monoisotopic (exact) mass is 368 g/mol. The van der Waals surface area contributed by atoms with Gasteiger partial charge in [0.15, 0.2) is 0 Å². The highest BCUT2D eigenvalue weighted by Gasteiger charge is 2.33. The molecule has 0 saturated carbocycles. The van der Waals surface area contributed by atoms with Gasteiger partial charge in [0.05, 0.1) is 16.9 Å². The molecular weight excluding hydrogens is 348 g/mol. The summed E-state index contributed by atoms with van der Waals surface area (Å²) < 4.78 is 55.0. The highest BCUT2D eigenvalue weighted by molar-refractivity contribution is 8.67. The van der Waals surface area contributed by atoms with E-state index in [0.717, 1.165) is 12.0 Å². The van der Waals surface area contributed by atoms with Crippen molar-refractivity contribution in [2.75, 3.05) is 7.11 Å². The average molecular weight is 368 g/mol. The molecule has 0 N–H and O–H groups in total. The van der Waals surface area contributed by atoms with Crippen LogP contribution in [-0.4, -0.2) is 23.9 Å². The van der Waals surface area contributed by atoms with Gasteiger partial charge < -0.3 is 4.74 Å². The van der Waals surface area contributed by atoms with E-state index in [2.05, 4.69) is 0 Å². The lowest BCUT2D eigenvalue weighted by atomic mass is 9.99. The van der Waals surface area contributed by atoms with Gasteiger partial charge in [0, 0.05) is 0 Å². The number of ether oxygens (including phenoxy) is 1. The Morgan fingerprint density at radius 2 is 1.25 bits per heavy atom. The second-order valence-corrected chi connectivity index (χ2v) is 10.9. The molecule has 0 aliphatic heterocycles. The van der Waals surface area contributed by atoms with Crippen molar-refractivity contribution in [3.63, 3.8) is 0 Å². The Bertz CT molecular complexity index is 896. The van der Waals surface area contributed by atoms with E-state index in [4.69, 9.17) is 4.74 Å². The lowest BCUT2D eigenvalue weighted by Gasteiger charge is -2.11. The van der Waals surface area contributed by atoms with E-state index < -0.39 is 17.7 Å². The van der Waals surface area contributed by atoms with Crippen molar-refractivity contribution in [1.82, 2.24) is 0 Å². The zero-order valence-corrected chi connectivity index (χ0v) is 15.4. The Labute approximate surface area is 142 Å². The minimum Gasteiger partial charge on any atom is -0.497 e. The molecular formula is C17H20O5S2. The fourth-order valence-electron chi connectivity index (χ4n) is 2.19. The Morgan fingerprint density at radius 1 is 0.833 bits per heavy atom. The van der Waals surface area contributed by atoms with E-state index >= 15 is 0 Å². The summed E-state index contributed by atoms with van der Waals surface area (Å²) in [6, 6.07) is 11.3. The van der Waals surface area contributed by atoms with Crippen molar-refractivity contribution in [3.8, 4) is 5.75 Å². The SMILES string of the molecule is CCC(C)c1ccc(S(=O)(=O)S(=O)(=O)c2ccc(OC)cc2)cc1.